The Morgan fingerprint density at radius 3 is 2.59 bits per heavy atom. The van der Waals surface area contributed by atoms with E-state index in [1.807, 2.05) is 36.0 Å². The maximum atomic E-state index is 5.41. The molecule has 114 valence electrons. The van der Waals surface area contributed by atoms with E-state index in [-0.39, 0.29) is 0 Å². The van der Waals surface area contributed by atoms with Crippen LogP contribution in [0.5, 0.6) is 11.5 Å². The van der Waals surface area contributed by atoms with Crippen LogP contribution in [0.2, 0.25) is 0 Å². The lowest BCUT2D eigenvalue weighted by atomic mass is 10.0. The molecule has 0 radical (unpaired) electrons. The van der Waals surface area contributed by atoms with Crippen LogP contribution in [-0.2, 0) is 0 Å². The van der Waals surface area contributed by atoms with Gasteiger partial charge in [-0.2, -0.15) is 0 Å². The van der Waals surface area contributed by atoms with Crippen LogP contribution < -0.4 is 9.47 Å². The first-order chi connectivity index (χ1) is 10.7. The average molecular weight is 313 g/mol. The van der Waals surface area contributed by atoms with Gasteiger partial charge in [0.05, 0.1) is 19.9 Å². The summed E-state index contributed by atoms with van der Waals surface area (Å²) in [6, 6.07) is 14.3. The van der Waals surface area contributed by atoms with Crippen LogP contribution in [-0.4, -0.2) is 25.2 Å². The number of hydrogen-bond donors (Lipinski definition) is 0. The first-order valence-electron chi connectivity index (χ1n) is 7.27. The maximum Gasteiger partial charge on any atom is 0.161 e. The van der Waals surface area contributed by atoms with Crippen LogP contribution in [0.25, 0.3) is 0 Å². The van der Waals surface area contributed by atoms with Gasteiger partial charge in [0.25, 0.3) is 0 Å². The molecule has 0 saturated carbocycles. The zero-order valence-electron chi connectivity index (χ0n) is 13.0. The molecule has 2 aromatic rings. The van der Waals surface area contributed by atoms with Crippen molar-refractivity contribution in [2.24, 2.45) is 4.99 Å². The summed E-state index contributed by atoms with van der Waals surface area (Å²) in [5.74, 6) is 1.48. The fourth-order valence-corrected chi connectivity index (χ4v) is 3.64. The molecule has 3 rings (SSSR count). The second-order valence-corrected chi connectivity index (χ2v) is 6.71. The Hall–Kier alpha value is -1.94. The highest BCUT2D eigenvalue weighted by Crippen LogP contribution is 2.38. The predicted octanol–water partition coefficient (Wildman–Crippen LogP) is 4.71. The zero-order chi connectivity index (χ0) is 15.5. The molecule has 0 N–H and O–H groups in total. The second kappa shape index (κ2) is 6.44. The van der Waals surface area contributed by atoms with E-state index >= 15 is 0 Å². The van der Waals surface area contributed by atoms with Crippen molar-refractivity contribution >= 4 is 23.2 Å². The van der Waals surface area contributed by atoms with Crippen molar-refractivity contribution in [2.45, 2.75) is 23.5 Å². The fraction of sp³-hybridized carbons (Fsp3) is 0.278. The molecule has 1 aliphatic rings. The van der Waals surface area contributed by atoms with Crippen LogP contribution in [0, 0.1) is 0 Å². The van der Waals surface area contributed by atoms with Gasteiger partial charge in [0.2, 0.25) is 0 Å². The molecular weight excluding hydrogens is 294 g/mol. The number of para-hydroxylation sites is 1. The minimum absolute atomic E-state index is 0.482. The molecule has 0 fully saturated rings. The molecule has 1 aliphatic heterocycles. The van der Waals surface area contributed by atoms with E-state index < -0.39 is 0 Å². The number of methoxy groups -OCH3 is 2. The van der Waals surface area contributed by atoms with Crippen molar-refractivity contribution in [3.63, 3.8) is 0 Å². The van der Waals surface area contributed by atoms with Crippen LogP contribution in [0.15, 0.2) is 52.4 Å². The fourth-order valence-electron chi connectivity index (χ4n) is 2.57. The maximum absolute atomic E-state index is 5.41. The molecule has 1 atom stereocenters. The number of ether oxygens (including phenoxy) is 2. The minimum atomic E-state index is 0.482. The molecule has 22 heavy (non-hydrogen) atoms. The van der Waals surface area contributed by atoms with Gasteiger partial charge in [-0.1, -0.05) is 19.1 Å². The molecule has 0 spiro atoms. The topological polar surface area (TPSA) is 30.8 Å². The molecule has 4 heteroatoms. The predicted molar refractivity (Wildman–Crippen MR) is 92.1 cm³/mol. The summed E-state index contributed by atoms with van der Waals surface area (Å²) in [6.45, 7) is 2.24. The number of nitrogens with zero attached hydrogens (tertiary/aromatic N) is 1. The van der Waals surface area contributed by atoms with E-state index in [1.165, 1.54) is 4.90 Å². The Balaban J connectivity index is 2.05. The van der Waals surface area contributed by atoms with E-state index in [9.17, 15) is 0 Å². The number of rotatable bonds is 3. The summed E-state index contributed by atoms with van der Waals surface area (Å²) < 4.78 is 10.7. The lowest BCUT2D eigenvalue weighted by molar-refractivity contribution is 0.355. The summed E-state index contributed by atoms with van der Waals surface area (Å²) >= 11 is 1.88. The largest absolute Gasteiger partial charge is 0.493 e. The van der Waals surface area contributed by atoms with Gasteiger partial charge in [-0.25, -0.2) is 0 Å². The molecule has 0 aliphatic carbocycles. The molecule has 0 saturated heterocycles. The third kappa shape index (κ3) is 2.97. The molecule has 1 unspecified atom stereocenters. The van der Waals surface area contributed by atoms with Crippen LogP contribution >= 0.6 is 11.8 Å². The summed E-state index contributed by atoms with van der Waals surface area (Å²) in [5.41, 5.74) is 3.22. The Morgan fingerprint density at radius 1 is 1.05 bits per heavy atom. The van der Waals surface area contributed by atoms with E-state index in [1.54, 1.807) is 14.2 Å². The Labute approximate surface area is 135 Å². The van der Waals surface area contributed by atoms with Crippen molar-refractivity contribution in [3.8, 4) is 11.5 Å². The first-order valence-corrected chi connectivity index (χ1v) is 8.15. The molecule has 0 amide bonds. The van der Waals surface area contributed by atoms with Crippen molar-refractivity contribution < 1.29 is 9.47 Å². The second-order valence-electron chi connectivity index (χ2n) is 5.23. The lowest BCUT2D eigenvalue weighted by Gasteiger charge is -2.12. The van der Waals surface area contributed by atoms with E-state index in [2.05, 4.69) is 25.1 Å². The van der Waals surface area contributed by atoms with E-state index in [0.717, 1.165) is 34.9 Å². The third-order valence-corrected chi connectivity index (χ3v) is 4.81. The Bertz CT molecular complexity index is 712. The van der Waals surface area contributed by atoms with Gasteiger partial charge in [0.15, 0.2) is 11.5 Å². The van der Waals surface area contributed by atoms with Crippen molar-refractivity contribution in [1.82, 2.24) is 0 Å². The minimum Gasteiger partial charge on any atom is -0.493 e. The normalized spacial score (nSPS) is 17.2. The van der Waals surface area contributed by atoms with Gasteiger partial charge < -0.3 is 9.47 Å². The highest BCUT2D eigenvalue weighted by Gasteiger charge is 2.18. The van der Waals surface area contributed by atoms with Crippen LogP contribution in [0.3, 0.4) is 0 Å². The third-order valence-electron chi connectivity index (χ3n) is 3.65. The first kappa shape index (κ1) is 15.0. The summed E-state index contributed by atoms with van der Waals surface area (Å²) in [4.78, 5) is 6.13. The molecule has 3 nitrogen and oxygen atoms in total. The van der Waals surface area contributed by atoms with E-state index in [0.29, 0.717) is 5.25 Å². The van der Waals surface area contributed by atoms with Gasteiger partial charge in [0, 0.05) is 22.3 Å². The summed E-state index contributed by atoms with van der Waals surface area (Å²) in [7, 11) is 3.31. The average Bonchev–Trinajstić information content (AvgIpc) is 2.72. The zero-order valence-corrected chi connectivity index (χ0v) is 13.8. The molecule has 1 heterocycles. The lowest BCUT2D eigenvalue weighted by Crippen LogP contribution is -2.07. The van der Waals surface area contributed by atoms with Gasteiger partial charge in [0.1, 0.15) is 0 Å². The smallest absolute Gasteiger partial charge is 0.161 e. The Morgan fingerprint density at radius 2 is 1.82 bits per heavy atom. The number of fused-ring (bicyclic) bond motifs is 1. The summed E-state index contributed by atoms with van der Waals surface area (Å²) in [6.07, 6.45) is 0.925. The van der Waals surface area contributed by atoms with Gasteiger partial charge >= 0.3 is 0 Å². The van der Waals surface area contributed by atoms with Gasteiger partial charge in [-0.3, -0.25) is 4.99 Å². The molecule has 0 aromatic heterocycles. The number of aliphatic imine (C=N–C) groups is 1. The highest BCUT2D eigenvalue weighted by molar-refractivity contribution is 8.00. The van der Waals surface area contributed by atoms with Crippen LogP contribution in [0.4, 0.5) is 5.69 Å². The number of thioether (sulfide) groups is 1. The molecular formula is C18H19NO2S. The van der Waals surface area contributed by atoms with Crippen LogP contribution in [0.1, 0.15) is 18.9 Å². The van der Waals surface area contributed by atoms with Gasteiger partial charge in [-0.05, 0) is 35.9 Å². The SMILES string of the molecule is COc1ccc(C2=Nc3ccccc3SC(C)C2)cc1OC. The monoisotopic (exact) mass is 313 g/mol. The van der Waals surface area contributed by atoms with Crippen molar-refractivity contribution in [3.05, 3.63) is 48.0 Å². The van der Waals surface area contributed by atoms with Crippen molar-refractivity contribution in [2.75, 3.05) is 14.2 Å². The van der Waals surface area contributed by atoms with Crippen molar-refractivity contribution in [1.29, 1.82) is 0 Å². The quantitative estimate of drug-likeness (QED) is 0.822. The van der Waals surface area contributed by atoms with Gasteiger partial charge in [-0.15, -0.1) is 11.8 Å². The standard InChI is InChI=1S/C18H19NO2S/c1-12-10-15(19-14-6-4-5-7-18(14)22-12)13-8-9-16(20-2)17(11-13)21-3/h4-9,11-12H,10H2,1-3H3. The molecule has 2 aromatic carbocycles. The number of hydrogen-bond acceptors (Lipinski definition) is 4. The highest BCUT2D eigenvalue weighted by atomic mass is 32.2. The molecule has 0 bridgehead atoms. The Kier molecular flexibility index (Phi) is 4.39. The summed E-state index contributed by atoms with van der Waals surface area (Å²) in [5, 5.41) is 0.482. The van der Waals surface area contributed by atoms with E-state index in [4.69, 9.17) is 14.5 Å². The number of benzene rings is 2.